The molecule has 0 aliphatic carbocycles. The monoisotopic (exact) mass is 443 g/mol. The predicted molar refractivity (Wildman–Crippen MR) is 111 cm³/mol. The third kappa shape index (κ3) is 4.91. The normalized spacial score (nSPS) is 12.2. The number of fused-ring (bicyclic) bond motifs is 1. The minimum Gasteiger partial charge on any atom is -0.454 e. The molecule has 0 atom stereocenters. The number of benzene rings is 2. The second kappa shape index (κ2) is 8.89. The number of hydrazone groups is 1. The first-order valence-corrected chi connectivity index (χ1v) is 9.87. The molecule has 0 fully saturated rings. The molecule has 2 aromatic carbocycles. The second-order valence-electron chi connectivity index (χ2n) is 6.04. The second-order valence-corrected chi connectivity index (χ2v) is 7.54. The van der Waals surface area contributed by atoms with Crippen LogP contribution in [-0.2, 0) is 11.2 Å². The highest BCUT2D eigenvalue weighted by Gasteiger charge is 2.14. The maximum atomic E-state index is 12.2. The number of amides is 2. The Labute approximate surface area is 179 Å². The van der Waals surface area contributed by atoms with E-state index < -0.39 is 0 Å². The van der Waals surface area contributed by atoms with Crippen molar-refractivity contribution in [3.63, 3.8) is 0 Å². The van der Waals surface area contributed by atoms with E-state index in [-0.39, 0.29) is 25.0 Å². The first kappa shape index (κ1) is 19.8. The Balaban J connectivity index is 1.28. The minimum absolute atomic E-state index is 0.0209. The summed E-state index contributed by atoms with van der Waals surface area (Å²) in [6.45, 7) is 0.191. The van der Waals surface area contributed by atoms with Gasteiger partial charge in [0, 0.05) is 10.6 Å². The lowest BCUT2D eigenvalue weighted by molar-refractivity contribution is -0.120. The quantitative estimate of drug-likeness (QED) is 0.447. The van der Waals surface area contributed by atoms with Crippen LogP contribution in [-0.4, -0.2) is 35.0 Å². The molecule has 0 radical (unpaired) electrons. The number of aromatic nitrogens is 2. The molecule has 0 saturated heterocycles. The fourth-order valence-electron chi connectivity index (χ4n) is 2.50. The van der Waals surface area contributed by atoms with E-state index in [1.54, 1.807) is 42.5 Å². The van der Waals surface area contributed by atoms with Crippen LogP contribution in [0.4, 0.5) is 5.13 Å². The average molecular weight is 444 g/mol. The molecule has 0 saturated carbocycles. The molecule has 0 unspecified atom stereocenters. The van der Waals surface area contributed by atoms with Crippen LogP contribution < -0.4 is 20.2 Å². The van der Waals surface area contributed by atoms with Crippen molar-refractivity contribution in [2.24, 2.45) is 5.10 Å². The highest BCUT2D eigenvalue weighted by Crippen LogP contribution is 2.31. The summed E-state index contributed by atoms with van der Waals surface area (Å²) in [6, 6.07) is 11.8. The number of rotatable bonds is 6. The summed E-state index contributed by atoms with van der Waals surface area (Å²) in [7, 11) is 0. The van der Waals surface area contributed by atoms with Crippen LogP contribution in [0.3, 0.4) is 0 Å². The lowest BCUT2D eigenvalue weighted by Crippen LogP contribution is -2.19. The Morgan fingerprint density at radius 3 is 2.77 bits per heavy atom. The van der Waals surface area contributed by atoms with Gasteiger partial charge in [-0.3, -0.25) is 14.9 Å². The van der Waals surface area contributed by atoms with Crippen molar-refractivity contribution >= 4 is 46.1 Å². The molecule has 1 aliphatic rings. The van der Waals surface area contributed by atoms with Crippen molar-refractivity contribution in [3.8, 4) is 11.5 Å². The number of nitrogens with zero attached hydrogens (tertiary/aromatic N) is 3. The highest BCUT2D eigenvalue weighted by molar-refractivity contribution is 7.15. The Morgan fingerprint density at radius 2 is 1.93 bits per heavy atom. The maximum absolute atomic E-state index is 12.2. The van der Waals surface area contributed by atoms with Gasteiger partial charge < -0.3 is 9.47 Å². The molecule has 2 N–H and O–H groups in total. The molecule has 30 heavy (non-hydrogen) atoms. The zero-order valence-electron chi connectivity index (χ0n) is 15.3. The number of halogens is 1. The van der Waals surface area contributed by atoms with Crippen LogP contribution in [0, 0.1) is 0 Å². The Morgan fingerprint density at radius 1 is 1.13 bits per heavy atom. The molecule has 1 aliphatic heterocycles. The molecule has 9 nitrogen and oxygen atoms in total. The van der Waals surface area contributed by atoms with E-state index in [0.717, 1.165) is 16.9 Å². The van der Waals surface area contributed by atoms with Gasteiger partial charge in [0.05, 0.1) is 12.6 Å². The Hall–Kier alpha value is -3.50. The molecule has 1 aromatic heterocycles. The first-order valence-electron chi connectivity index (χ1n) is 8.68. The summed E-state index contributed by atoms with van der Waals surface area (Å²) in [5.41, 5.74) is 3.62. The molecular weight excluding hydrogens is 430 g/mol. The summed E-state index contributed by atoms with van der Waals surface area (Å²) < 4.78 is 10.5. The number of hydrogen-bond donors (Lipinski definition) is 2. The zero-order valence-corrected chi connectivity index (χ0v) is 16.9. The van der Waals surface area contributed by atoms with E-state index in [4.69, 9.17) is 21.1 Å². The van der Waals surface area contributed by atoms with Crippen LogP contribution in [0.25, 0.3) is 0 Å². The van der Waals surface area contributed by atoms with Crippen molar-refractivity contribution in [1.82, 2.24) is 15.6 Å². The number of anilines is 1. The summed E-state index contributed by atoms with van der Waals surface area (Å²) in [5.74, 6) is 0.601. The van der Waals surface area contributed by atoms with Gasteiger partial charge in [0.25, 0.3) is 5.91 Å². The van der Waals surface area contributed by atoms with Gasteiger partial charge in [-0.25, -0.2) is 5.43 Å². The minimum atomic E-state index is -0.362. The van der Waals surface area contributed by atoms with E-state index in [9.17, 15) is 9.59 Å². The molecule has 4 rings (SSSR count). The maximum Gasteiger partial charge on any atom is 0.257 e. The van der Waals surface area contributed by atoms with Crippen molar-refractivity contribution in [3.05, 3.63) is 63.6 Å². The number of ether oxygens (including phenoxy) is 2. The standard InChI is InChI=1S/C19H14ClN5O4S/c20-13-4-2-12(3-5-13)18(27)22-19-25-24-17(30-19)8-16(26)23-21-9-11-1-6-14-15(7-11)29-10-28-14/h1-7,9H,8,10H2,(H,23,26)(H,22,25,27)/b21-9+. The molecule has 0 bridgehead atoms. The topological polar surface area (TPSA) is 115 Å². The molecular formula is C19H14ClN5O4S. The Bertz CT molecular complexity index is 1120. The average Bonchev–Trinajstić information content (AvgIpc) is 3.37. The number of nitrogens with one attached hydrogen (secondary N) is 2. The van der Waals surface area contributed by atoms with Crippen LogP contribution in [0.2, 0.25) is 5.02 Å². The molecule has 2 amide bonds. The van der Waals surface area contributed by atoms with Crippen LogP contribution in [0.1, 0.15) is 20.9 Å². The van der Waals surface area contributed by atoms with E-state index in [1.807, 2.05) is 0 Å². The lowest BCUT2D eigenvalue weighted by Gasteiger charge is -2.00. The summed E-state index contributed by atoms with van der Waals surface area (Å²) in [6.07, 6.45) is 1.48. The highest BCUT2D eigenvalue weighted by atomic mass is 35.5. The number of hydrogen-bond acceptors (Lipinski definition) is 8. The van der Waals surface area contributed by atoms with E-state index in [0.29, 0.717) is 32.2 Å². The molecule has 3 aromatic rings. The predicted octanol–water partition coefficient (Wildman–Crippen LogP) is 2.87. The number of carbonyl (C=O) groups is 2. The van der Waals surface area contributed by atoms with Gasteiger partial charge in [-0.05, 0) is 48.0 Å². The largest absolute Gasteiger partial charge is 0.454 e. The van der Waals surface area contributed by atoms with E-state index in [1.165, 1.54) is 6.21 Å². The molecule has 2 heterocycles. The Kier molecular flexibility index (Phi) is 5.87. The SMILES string of the molecule is O=C(Cc1nnc(NC(=O)c2ccc(Cl)cc2)s1)N/N=C/c1ccc2c(c1)OCO2. The first-order chi connectivity index (χ1) is 14.6. The van der Waals surface area contributed by atoms with Gasteiger partial charge in [-0.1, -0.05) is 22.9 Å². The van der Waals surface area contributed by atoms with Gasteiger partial charge >= 0.3 is 0 Å². The van der Waals surface area contributed by atoms with Crippen LogP contribution >= 0.6 is 22.9 Å². The molecule has 0 spiro atoms. The van der Waals surface area contributed by atoms with Gasteiger partial charge in [-0.15, -0.1) is 10.2 Å². The van der Waals surface area contributed by atoms with Gasteiger partial charge in [0.1, 0.15) is 5.01 Å². The third-order valence-electron chi connectivity index (χ3n) is 3.91. The van der Waals surface area contributed by atoms with E-state index >= 15 is 0 Å². The van der Waals surface area contributed by atoms with Gasteiger partial charge in [0.15, 0.2) is 11.5 Å². The summed E-state index contributed by atoms with van der Waals surface area (Å²) in [4.78, 5) is 24.2. The smallest absolute Gasteiger partial charge is 0.257 e. The third-order valence-corrected chi connectivity index (χ3v) is 5.00. The fraction of sp³-hybridized carbons (Fsp3) is 0.105. The van der Waals surface area contributed by atoms with Crippen molar-refractivity contribution in [1.29, 1.82) is 0 Å². The molecule has 152 valence electrons. The van der Waals surface area contributed by atoms with Crippen molar-refractivity contribution in [2.75, 3.05) is 12.1 Å². The van der Waals surface area contributed by atoms with Crippen molar-refractivity contribution in [2.45, 2.75) is 6.42 Å². The zero-order chi connectivity index (χ0) is 20.9. The molecule has 11 heteroatoms. The summed E-state index contributed by atoms with van der Waals surface area (Å²) in [5, 5.41) is 15.6. The van der Waals surface area contributed by atoms with E-state index in [2.05, 4.69) is 26.0 Å². The van der Waals surface area contributed by atoms with Gasteiger partial charge in [0.2, 0.25) is 17.8 Å². The van der Waals surface area contributed by atoms with Crippen LogP contribution in [0.5, 0.6) is 11.5 Å². The van der Waals surface area contributed by atoms with Gasteiger partial charge in [-0.2, -0.15) is 5.10 Å². The fourth-order valence-corrected chi connectivity index (χ4v) is 3.35. The van der Waals surface area contributed by atoms with Crippen molar-refractivity contribution < 1.29 is 19.1 Å². The number of carbonyl (C=O) groups excluding carboxylic acids is 2. The lowest BCUT2D eigenvalue weighted by atomic mass is 10.2. The summed E-state index contributed by atoms with van der Waals surface area (Å²) >= 11 is 6.92. The van der Waals surface area contributed by atoms with Crippen LogP contribution in [0.15, 0.2) is 47.6 Å².